The van der Waals surface area contributed by atoms with Crippen LogP contribution in [0, 0.1) is 24.7 Å². The summed E-state index contributed by atoms with van der Waals surface area (Å²) in [7, 11) is -3.66. The van der Waals surface area contributed by atoms with Gasteiger partial charge in [0.2, 0.25) is 16.0 Å². The second kappa shape index (κ2) is 11.7. The Morgan fingerprint density at radius 1 is 0.930 bits per heavy atom. The minimum absolute atomic E-state index is 0.279. The number of likely N-dealkylation sites (tertiary alicyclic amines) is 1. The van der Waals surface area contributed by atoms with Crippen molar-refractivity contribution >= 4 is 33.2 Å². The number of hydrogen-bond acceptors (Lipinski definition) is 8. The molecule has 4 saturated carbocycles. The second-order valence-corrected chi connectivity index (χ2v) is 14.9. The van der Waals surface area contributed by atoms with Gasteiger partial charge in [0.1, 0.15) is 18.2 Å². The number of aromatic nitrogens is 2. The summed E-state index contributed by atoms with van der Waals surface area (Å²) in [6, 6.07) is 14.8. The van der Waals surface area contributed by atoms with E-state index < -0.39 is 10.0 Å². The molecule has 1 aromatic heterocycles. The zero-order valence-electron chi connectivity index (χ0n) is 24.9. The molecule has 1 saturated heterocycles. The summed E-state index contributed by atoms with van der Waals surface area (Å²) in [4.78, 5) is 11.8. The zero-order chi connectivity index (χ0) is 29.4. The van der Waals surface area contributed by atoms with Crippen molar-refractivity contribution in [1.82, 2.24) is 19.6 Å². The molecule has 0 atom stereocenters. The average molecular weight is 603 g/mol. The Hall–Kier alpha value is -3.21. The Kier molecular flexibility index (Phi) is 7.77. The number of aryl methyl sites for hydroxylation is 1. The van der Waals surface area contributed by atoms with Gasteiger partial charge in [-0.15, -0.1) is 0 Å². The molecule has 9 nitrogen and oxygen atoms in total. The van der Waals surface area contributed by atoms with Crippen LogP contribution in [0.15, 0.2) is 59.6 Å². The van der Waals surface area contributed by atoms with E-state index in [-0.39, 0.29) is 10.4 Å². The maximum absolute atomic E-state index is 13.6. The lowest BCUT2D eigenvalue weighted by Gasteiger charge is -2.56. The molecule has 0 spiro atoms. The Morgan fingerprint density at radius 3 is 2.33 bits per heavy atom. The molecule has 4 bridgehead atoms. The molecular formula is C33H42N6O3S. The van der Waals surface area contributed by atoms with Crippen molar-refractivity contribution in [3.05, 3.63) is 60.3 Å². The molecule has 10 heteroatoms. The van der Waals surface area contributed by atoms with Gasteiger partial charge >= 0.3 is 0 Å². The third-order valence-electron chi connectivity index (χ3n) is 9.75. The van der Waals surface area contributed by atoms with E-state index >= 15 is 0 Å². The molecule has 5 aliphatic rings. The smallest absolute Gasteiger partial charge is 0.241 e. The lowest BCUT2D eigenvalue weighted by molar-refractivity contribution is -0.00810. The monoisotopic (exact) mass is 602 g/mol. The molecular weight excluding hydrogens is 560 g/mol. The Morgan fingerprint density at radius 2 is 1.63 bits per heavy atom. The van der Waals surface area contributed by atoms with Gasteiger partial charge in [0.15, 0.2) is 0 Å². The number of hydrogen-bond donors (Lipinski definition) is 3. The highest BCUT2D eigenvalue weighted by Crippen LogP contribution is 2.56. The summed E-state index contributed by atoms with van der Waals surface area (Å²) in [5.74, 6) is 3.90. The first-order valence-electron chi connectivity index (χ1n) is 15.8. The summed E-state index contributed by atoms with van der Waals surface area (Å²) < 4.78 is 36.3. The van der Waals surface area contributed by atoms with E-state index in [2.05, 4.69) is 30.2 Å². The summed E-state index contributed by atoms with van der Waals surface area (Å²) in [5.41, 5.74) is 2.09. The molecule has 3 aromatic rings. The standard InChI is InChI=1S/C33H42N6O3S/c1-23-22-34-32(36-27-7-9-29(10-8-27)42-14-13-39-11-2-3-12-39)37-31(23)35-28-5-4-6-30(18-28)43(40,41)38-33-19-24-15-25(20-33)17-26(16-24)21-33/h4-10,18,22,24-26,38H,2-3,11-17,19-21H2,1H3,(H2,34,35,36,37). The summed E-state index contributed by atoms with van der Waals surface area (Å²) >= 11 is 0. The van der Waals surface area contributed by atoms with Gasteiger partial charge in [0.05, 0.1) is 4.90 Å². The van der Waals surface area contributed by atoms with E-state index in [1.807, 2.05) is 37.3 Å². The SMILES string of the molecule is Cc1cnc(Nc2ccc(OCCN3CCCC3)cc2)nc1Nc1cccc(S(=O)(=O)NC23CC4CC(CC(C4)C2)C3)c1. The highest BCUT2D eigenvalue weighted by molar-refractivity contribution is 7.89. The van der Waals surface area contributed by atoms with Gasteiger partial charge in [-0.05, 0) is 132 Å². The molecule has 8 rings (SSSR count). The van der Waals surface area contributed by atoms with Crippen LogP contribution in [-0.4, -0.2) is 55.1 Å². The minimum Gasteiger partial charge on any atom is -0.492 e. The quantitative estimate of drug-likeness (QED) is 0.246. The second-order valence-electron chi connectivity index (χ2n) is 13.2. The van der Waals surface area contributed by atoms with Gasteiger partial charge in [0, 0.05) is 35.2 Å². The van der Waals surface area contributed by atoms with Gasteiger partial charge in [-0.1, -0.05) is 6.07 Å². The third-order valence-corrected chi connectivity index (χ3v) is 11.3. The number of ether oxygens (including phenoxy) is 1. The number of rotatable bonds is 11. The molecule has 0 amide bonds. The van der Waals surface area contributed by atoms with Crippen LogP contribution >= 0.6 is 0 Å². The molecule has 3 N–H and O–H groups in total. The average Bonchev–Trinajstić information content (AvgIpc) is 3.48. The molecule has 228 valence electrons. The first-order valence-corrected chi connectivity index (χ1v) is 17.3. The predicted molar refractivity (Wildman–Crippen MR) is 169 cm³/mol. The van der Waals surface area contributed by atoms with Gasteiger partial charge in [0.25, 0.3) is 0 Å². The number of nitrogens with one attached hydrogen (secondary N) is 3. The summed E-state index contributed by atoms with van der Waals surface area (Å²) in [6.45, 7) is 5.91. The fourth-order valence-electron chi connectivity index (χ4n) is 8.15. The molecule has 43 heavy (non-hydrogen) atoms. The van der Waals surface area contributed by atoms with Crippen molar-refractivity contribution in [2.45, 2.75) is 68.7 Å². The Bertz CT molecular complexity index is 1520. The molecule has 1 aliphatic heterocycles. The van der Waals surface area contributed by atoms with Crippen LogP contribution < -0.4 is 20.1 Å². The number of benzene rings is 2. The van der Waals surface area contributed by atoms with E-state index in [1.165, 1.54) is 45.2 Å². The predicted octanol–water partition coefficient (Wildman–Crippen LogP) is 5.99. The topological polar surface area (TPSA) is 108 Å². The van der Waals surface area contributed by atoms with E-state index in [4.69, 9.17) is 4.74 Å². The molecule has 0 unspecified atom stereocenters. The first kappa shape index (κ1) is 28.6. The van der Waals surface area contributed by atoms with Crippen molar-refractivity contribution in [3.8, 4) is 5.75 Å². The maximum atomic E-state index is 13.6. The largest absolute Gasteiger partial charge is 0.492 e. The number of sulfonamides is 1. The normalized spacial score (nSPS) is 26.5. The van der Waals surface area contributed by atoms with Crippen LogP contribution in [0.25, 0.3) is 0 Å². The van der Waals surface area contributed by atoms with Crippen LogP contribution in [0.3, 0.4) is 0 Å². The first-order chi connectivity index (χ1) is 20.8. The van der Waals surface area contributed by atoms with Crippen molar-refractivity contribution in [2.75, 3.05) is 36.9 Å². The summed E-state index contributed by atoms with van der Waals surface area (Å²) in [6.07, 6.45) is 11.1. The summed E-state index contributed by atoms with van der Waals surface area (Å²) in [5, 5.41) is 6.58. The molecule has 2 heterocycles. The maximum Gasteiger partial charge on any atom is 0.241 e. The lowest BCUT2D eigenvalue weighted by Crippen LogP contribution is -2.59. The zero-order valence-corrected chi connectivity index (χ0v) is 25.7. The minimum atomic E-state index is -3.66. The Labute approximate surface area is 254 Å². The lowest BCUT2D eigenvalue weighted by atomic mass is 9.53. The van der Waals surface area contributed by atoms with Crippen molar-refractivity contribution < 1.29 is 13.2 Å². The molecule has 2 aromatic carbocycles. The fraction of sp³-hybridized carbons (Fsp3) is 0.515. The number of nitrogens with zero attached hydrogens (tertiary/aromatic N) is 3. The highest BCUT2D eigenvalue weighted by Gasteiger charge is 2.52. The van der Waals surface area contributed by atoms with Crippen LogP contribution in [-0.2, 0) is 10.0 Å². The van der Waals surface area contributed by atoms with Crippen molar-refractivity contribution in [3.63, 3.8) is 0 Å². The third kappa shape index (κ3) is 6.51. The molecule has 0 radical (unpaired) electrons. The van der Waals surface area contributed by atoms with E-state index in [0.717, 1.165) is 42.8 Å². The van der Waals surface area contributed by atoms with E-state index in [1.54, 1.807) is 24.4 Å². The van der Waals surface area contributed by atoms with Crippen LogP contribution in [0.4, 0.5) is 23.1 Å². The number of anilines is 4. The highest BCUT2D eigenvalue weighted by atomic mass is 32.2. The van der Waals surface area contributed by atoms with E-state index in [9.17, 15) is 8.42 Å². The van der Waals surface area contributed by atoms with Gasteiger partial charge in [-0.3, -0.25) is 4.90 Å². The molecule has 4 aliphatic carbocycles. The van der Waals surface area contributed by atoms with Crippen LogP contribution in [0.5, 0.6) is 5.75 Å². The fourth-order valence-corrected chi connectivity index (χ4v) is 9.63. The van der Waals surface area contributed by atoms with Crippen molar-refractivity contribution in [1.29, 1.82) is 0 Å². The molecule has 5 fully saturated rings. The van der Waals surface area contributed by atoms with Gasteiger partial charge in [-0.25, -0.2) is 18.1 Å². The van der Waals surface area contributed by atoms with Gasteiger partial charge in [-0.2, -0.15) is 4.98 Å². The van der Waals surface area contributed by atoms with Crippen LogP contribution in [0.1, 0.15) is 56.9 Å². The van der Waals surface area contributed by atoms with E-state index in [0.29, 0.717) is 41.8 Å². The van der Waals surface area contributed by atoms with Crippen LogP contribution in [0.2, 0.25) is 0 Å². The van der Waals surface area contributed by atoms with Crippen molar-refractivity contribution in [2.24, 2.45) is 17.8 Å². The van der Waals surface area contributed by atoms with Gasteiger partial charge < -0.3 is 15.4 Å². The Balaban J connectivity index is 0.994.